The lowest BCUT2D eigenvalue weighted by Crippen LogP contribution is -1.78. The molecule has 4 heteroatoms. The molecule has 0 saturated heterocycles. The first kappa shape index (κ1) is 11.2. The molecule has 2 aromatic heterocycles. The molecular formula is C13H11IN2S. The van der Waals surface area contributed by atoms with Crippen LogP contribution in [0, 0.1) is 2.88 Å². The van der Waals surface area contributed by atoms with Crippen molar-refractivity contribution in [3.05, 3.63) is 38.1 Å². The molecule has 0 aliphatic carbocycles. The van der Waals surface area contributed by atoms with Crippen molar-refractivity contribution in [1.29, 1.82) is 0 Å². The fraction of sp³-hybridized carbons (Fsp3) is 0.154. The number of fused-ring (bicyclic) bond motifs is 1. The first-order valence-electron chi connectivity index (χ1n) is 5.49. The van der Waals surface area contributed by atoms with Gasteiger partial charge in [0.05, 0.1) is 13.9 Å². The summed E-state index contributed by atoms with van der Waals surface area (Å²) in [4.78, 5) is 8.01. The summed E-state index contributed by atoms with van der Waals surface area (Å²) >= 11 is 4.08. The van der Waals surface area contributed by atoms with E-state index in [9.17, 15) is 0 Å². The predicted octanol–water partition coefficient (Wildman–Crippen LogP) is 4.46. The Morgan fingerprint density at radius 1 is 1.35 bits per heavy atom. The largest absolute Gasteiger partial charge is 0.338 e. The topological polar surface area (TPSA) is 28.7 Å². The molecule has 0 bridgehead atoms. The van der Waals surface area contributed by atoms with Crippen LogP contribution in [0.3, 0.4) is 0 Å². The molecule has 1 aromatic carbocycles. The third-order valence-corrected chi connectivity index (χ3v) is 4.58. The molecule has 0 saturated carbocycles. The molecule has 0 atom stereocenters. The Labute approximate surface area is 117 Å². The minimum atomic E-state index is 0.965. The minimum Gasteiger partial charge on any atom is -0.338 e. The van der Waals surface area contributed by atoms with E-state index in [0.29, 0.717) is 0 Å². The van der Waals surface area contributed by atoms with E-state index in [2.05, 4.69) is 69.1 Å². The van der Waals surface area contributed by atoms with E-state index in [4.69, 9.17) is 0 Å². The highest BCUT2D eigenvalue weighted by atomic mass is 127. The summed E-state index contributed by atoms with van der Waals surface area (Å²) in [6, 6.07) is 8.57. The van der Waals surface area contributed by atoms with Crippen molar-refractivity contribution in [1.82, 2.24) is 9.97 Å². The summed E-state index contributed by atoms with van der Waals surface area (Å²) in [6.45, 7) is 2.17. The van der Waals surface area contributed by atoms with Gasteiger partial charge in [0.2, 0.25) is 0 Å². The smallest absolute Gasteiger partial charge is 0.139 e. The maximum absolute atomic E-state index is 4.62. The second kappa shape index (κ2) is 4.42. The number of aryl methyl sites for hydroxylation is 1. The first-order chi connectivity index (χ1) is 8.26. The van der Waals surface area contributed by atoms with Crippen LogP contribution in [0.1, 0.15) is 12.5 Å². The fourth-order valence-electron chi connectivity index (χ4n) is 1.85. The number of H-pyrrole nitrogens is 1. The van der Waals surface area contributed by atoms with Gasteiger partial charge in [0.25, 0.3) is 0 Å². The molecule has 3 aromatic rings. The van der Waals surface area contributed by atoms with Crippen molar-refractivity contribution in [3.63, 3.8) is 0 Å². The zero-order valence-corrected chi connectivity index (χ0v) is 12.3. The molecular weight excluding hydrogens is 343 g/mol. The standard InChI is InChI=1S/C13H11IN2S/c1-2-8-3-4-10-11(5-8)16-13(15-10)9-6-12(14)17-7-9/h3-7H,2H2,1H3,(H,15,16). The molecule has 0 amide bonds. The van der Waals surface area contributed by atoms with Gasteiger partial charge in [0.1, 0.15) is 5.82 Å². The predicted molar refractivity (Wildman–Crippen MR) is 81.5 cm³/mol. The highest BCUT2D eigenvalue weighted by molar-refractivity contribution is 14.1. The van der Waals surface area contributed by atoms with Crippen LogP contribution >= 0.6 is 33.9 Å². The normalized spacial score (nSPS) is 11.2. The van der Waals surface area contributed by atoms with E-state index in [1.165, 1.54) is 14.0 Å². The van der Waals surface area contributed by atoms with Gasteiger partial charge >= 0.3 is 0 Å². The van der Waals surface area contributed by atoms with Gasteiger partial charge in [0, 0.05) is 10.9 Å². The molecule has 0 unspecified atom stereocenters. The Hall–Kier alpha value is -0.880. The molecule has 0 fully saturated rings. The number of aromatic nitrogens is 2. The van der Waals surface area contributed by atoms with Crippen molar-refractivity contribution in [2.75, 3.05) is 0 Å². The van der Waals surface area contributed by atoms with Gasteiger partial charge in [0.15, 0.2) is 0 Å². The Balaban J connectivity index is 2.13. The zero-order valence-electron chi connectivity index (χ0n) is 9.33. The highest BCUT2D eigenvalue weighted by Gasteiger charge is 2.07. The van der Waals surface area contributed by atoms with Crippen molar-refractivity contribution < 1.29 is 0 Å². The van der Waals surface area contributed by atoms with Crippen LogP contribution in [0.15, 0.2) is 29.6 Å². The Bertz CT molecular complexity index is 669. The molecule has 1 N–H and O–H groups in total. The number of benzene rings is 1. The summed E-state index contributed by atoms with van der Waals surface area (Å²) in [5, 5.41) is 2.14. The lowest BCUT2D eigenvalue weighted by molar-refractivity contribution is 1.14. The quantitative estimate of drug-likeness (QED) is 0.677. The molecule has 0 aliphatic heterocycles. The molecule has 0 radical (unpaired) electrons. The monoisotopic (exact) mass is 354 g/mol. The van der Waals surface area contributed by atoms with Gasteiger partial charge in [-0.15, -0.1) is 11.3 Å². The van der Waals surface area contributed by atoms with Crippen molar-refractivity contribution in [3.8, 4) is 11.4 Å². The Morgan fingerprint density at radius 3 is 2.94 bits per heavy atom. The third kappa shape index (κ3) is 2.11. The molecule has 2 heterocycles. The second-order valence-electron chi connectivity index (χ2n) is 3.93. The summed E-state index contributed by atoms with van der Waals surface area (Å²) in [5.74, 6) is 0.965. The second-order valence-corrected chi connectivity index (χ2v) is 6.74. The molecule has 17 heavy (non-hydrogen) atoms. The van der Waals surface area contributed by atoms with Crippen molar-refractivity contribution in [2.24, 2.45) is 0 Å². The number of hydrogen-bond acceptors (Lipinski definition) is 2. The lowest BCUT2D eigenvalue weighted by Gasteiger charge is -1.93. The van der Waals surface area contributed by atoms with Crippen LogP contribution in [-0.4, -0.2) is 9.97 Å². The average molecular weight is 354 g/mol. The number of rotatable bonds is 2. The molecule has 0 aliphatic rings. The van der Waals surface area contributed by atoms with E-state index in [1.807, 2.05) is 0 Å². The van der Waals surface area contributed by atoms with Gasteiger partial charge in [-0.3, -0.25) is 0 Å². The number of nitrogens with zero attached hydrogens (tertiary/aromatic N) is 1. The number of aromatic amines is 1. The van der Waals surface area contributed by atoms with E-state index in [0.717, 1.165) is 23.3 Å². The Kier molecular flexibility index (Phi) is 2.92. The average Bonchev–Trinajstić information content (AvgIpc) is 2.93. The summed E-state index contributed by atoms with van der Waals surface area (Å²) in [5.41, 5.74) is 4.68. The first-order valence-corrected chi connectivity index (χ1v) is 7.45. The van der Waals surface area contributed by atoms with Crippen LogP contribution in [0.25, 0.3) is 22.4 Å². The number of hydrogen-bond donors (Lipinski definition) is 1. The molecule has 2 nitrogen and oxygen atoms in total. The molecule has 3 rings (SSSR count). The molecule has 0 spiro atoms. The van der Waals surface area contributed by atoms with Crippen LogP contribution in [-0.2, 0) is 6.42 Å². The van der Waals surface area contributed by atoms with Gasteiger partial charge in [-0.2, -0.15) is 0 Å². The van der Waals surface area contributed by atoms with Gasteiger partial charge in [-0.1, -0.05) is 13.0 Å². The van der Waals surface area contributed by atoms with Gasteiger partial charge in [-0.05, 0) is 52.8 Å². The maximum atomic E-state index is 4.62. The van der Waals surface area contributed by atoms with Crippen molar-refractivity contribution >= 4 is 45.0 Å². The maximum Gasteiger partial charge on any atom is 0.139 e. The molecule has 86 valence electrons. The SMILES string of the molecule is CCc1ccc2nc(-c3csc(I)c3)[nH]c2c1. The number of halogens is 1. The van der Waals surface area contributed by atoms with Crippen LogP contribution in [0.5, 0.6) is 0 Å². The Morgan fingerprint density at radius 2 is 2.24 bits per heavy atom. The van der Waals surface area contributed by atoms with E-state index in [1.54, 1.807) is 11.3 Å². The van der Waals surface area contributed by atoms with E-state index < -0.39 is 0 Å². The summed E-state index contributed by atoms with van der Waals surface area (Å²) in [7, 11) is 0. The summed E-state index contributed by atoms with van der Waals surface area (Å²) < 4.78 is 1.28. The lowest BCUT2D eigenvalue weighted by atomic mass is 10.1. The van der Waals surface area contributed by atoms with Gasteiger partial charge < -0.3 is 4.98 Å². The van der Waals surface area contributed by atoms with E-state index >= 15 is 0 Å². The summed E-state index contributed by atoms with van der Waals surface area (Å²) in [6.07, 6.45) is 1.06. The third-order valence-electron chi connectivity index (χ3n) is 2.80. The fourth-order valence-corrected chi connectivity index (χ4v) is 3.18. The van der Waals surface area contributed by atoms with Gasteiger partial charge in [-0.25, -0.2) is 4.98 Å². The number of imidazole rings is 1. The number of thiophene rings is 1. The zero-order chi connectivity index (χ0) is 11.8. The minimum absolute atomic E-state index is 0.965. The highest BCUT2D eigenvalue weighted by Crippen LogP contribution is 2.26. The van der Waals surface area contributed by atoms with Crippen LogP contribution in [0.4, 0.5) is 0 Å². The van der Waals surface area contributed by atoms with E-state index in [-0.39, 0.29) is 0 Å². The number of nitrogens with one attached hydrogen (secondary N) is 1. The van der Waals surface area contributed by atoms with Crippen molar-refractivity contribution in [2.45, 2.75) is 13.3 Å². The van der Waals surface area contributed by atoms with Crippen LogP contribution in [0.2, 0.25) is 0 Å². The van der Waals surface area contributed by atoms with Crippen LogP contribution < -0.4 is 0 Å².